The fourth-order valence-corrected chi connectivity index (χ4v) is 0.936. The maximum Gasteiger partial charge on any atom is 0.0809 e. The summed E-state index contributed by atoms with van der Waals surface area (Å²) < 4.78 is 0. The fraction of sp³-hybridized carbons (Fsp3) is 0.833. The lowest BCUT2D eigenvalue weighted by Gasteiger charge is -1.89. The second kappa shape index (κ2) is 2.27. The molecule has 1 unspecified atom stereocenters. The maximum atomic E-state index is 8.55. The van der Waals surface area contributed by atoms with E-state index in [0.717, 1.165) is 18.6 Å². The lowest BCUT2D eigenvalue weighted by atomic mass is 10.2. The van der Waals surface area contributed by atoms with Crippen LogP contribution in [0.15, 0.2) is 4.99 Å². The quantitative estimate of drug-likeness (QED) is 0.530. The summed E-state index contributed by atoms with van der Waals surface area (Å²) in [5, 5.41) is 8.55. The first-order valence-corrected chi connectivity index (χ1v) is 2.99. The second-order valence-electron chi connectivity index (χ2n) is 2.24. The van der Waals surface area contributed by atoms with Gasteiger partial charge in [-0.3, -0.25) is 4.99 Å². The molecule has 0 aromatic rings. The van der Waals surface area contributed by atoms with Crippen LogP contribution in [0.1, 0.15) is 19.8 Å². The number of hydrogen-bond acceptors (Lipinski definition) is 2. The summed E-state index contributed by atoms with van der Waals surface area (Å²) in [7, 11) is 0. The molecule has 2 heteroatoms. The van der Waals surface area contributed by atoms with Gasteiger partial charge in [0.05, 0.1) is 6.61 Å². The third-order valence-corrected chi connectivity index (χ3v) is 1.44. The van der Waals surface area contributed by atoms with Crippen molar-refractivity contribution in [2.45, 2.75) is 25.8 Å². The van der Waals surface area contributed by atoms with Crippen molar-refractivity contribution in [2.75, 3.05) is 6.61 Å². The van der Waals surface area contributed by atoms with Gasteiger partial charge < -0.3 is 5.11 Å². The van der Waals surface area contributed by atoms with Crippen LogP contribution in [-0.2, 0) is 0 Å². The van der Waals surface area contributed by atoms with E-state index in [2.05, 4.69) is 11.9 Å². The molecule has 1 aliphatic rings. The molecule has 1 aliphatic heterocycles. The first-order chi connectivity index (χ1) is 3.83. The molecule has 8 heavy (non-hydrogen) atoms. The Morgan fingerprint density at radius 3 is 2.88 bits per heavy atom. The van der Waals surface area contributed by atoms with Crippen LogP contribution < -0.4 is 0 Å². The fourth-order valence-electron chi connectivity index (χ4n) is 0.936. The Labute approximate surface area is 49.2 Å². The van der Waals surface area contributed by atoms with E-state index in [0.29, 0.717) is 6.04 Å². The molecule has 2 nitrogen and oxygen atoms in total. The van der Waals surface area contributed by atoms with Gasteiger partial charge in [0.1, 0.15) is 0 Å². The molecule has 0 aliphatic carbocycles. The number of hydrogen-bond donors (Lipinski definition) is 1. The number of nitrogens with zero attached hydrogens (tertiary/aromatic N) is 1. The SMILES string of the molecule is CC1CCC(CO)=N1. The molecular formula is C6H11NO. The van der Waals surface area contributed by atoms with Gasteiger partial charge in [0.15, 0.2) is 0 Å². The van der Waals surface area contributed by atoms with Gasteiger partial charge in [-0.25, -0.2) is 0 Å². The molecule has 0 amide bonds. The van der Waals surface area contributed by atoms with Crippen molar-refractivity contribution >= 4 is 5.71 Å². The predicted octanol–water partition coefficient (Wildman–Crippen LogP) is 0.602. The highest BCUT2D eigenvalue weighted by molar-refractivity contribution is 5.87. The zero-order valence-corrected chi connectivity index (χ0v) is 5.09. The largest absolute Gasteiger partial charge is 0.390 e. The minimum atomic E-state index is 0.157. The van der Waals surface area contributed by atoms with E-state index < -0.39 is 0 Å². The summed E-state index contributed by atoms with van der Waals surface area (Å²) in [6, 6.07) is 0.456. The molecule has 0 aromatic heterocycles. The van der Waals surface area contributed by atoms with Gasteiger partial charge >= 0.3 is 0 Å². The number of aliphatic imine (C=N–C) groups is 1. The van der Waals surface area contributed by atoms with Gasteiger partial charge in [-0.05, 0) is 19.8 Å². The monoisotopic (exact) mass is 113 g/mol. The Kier molecular flexibility index (Phi) is 1.63. The molecule has 1 N–H and O–H groups in total. The van der Waals surface area contributed by atoms with Crippen molar-refractivity contribution in [1.82, 2.24) is 0 Å². The lowest BCUT2D eigenvalue weighted by molar-refractivity contribution is 0.356. The molecule has 1 atom stereocenters. The molecule has 1 heterocycles. The van der Waals surface area contributed by atoms with Crippen LogP contribution >= 0.6 is 0 Å². The average Bonchev–Trinajstić information content (AvgIpc) is 2.14. The molecule has 0 saturated carbocycles. The zero-order valence-electron chi connectivity index (χ0n) is 5.09. The van der Waals surface area contributed by atoms with Gasteiger partial charge in [-0.1, -0.05) is 0 Å². The van der Waals surface area contributed by atoms with E-state index in [1.807, 2.05) is 0 Å². The molecule has 1 rings (SSSR count). The Hall–Kier alpha value is -0.370. The van der Waals surface area contributed by atoms with Gasteiger partial charge in [0.2, 0.25) is 0 Å². The highest BCUT2D eigenvalue weighted by Crippen LogP contribution is 2.10. The molecule has 0 fully saturated rings. The lowest BCUT2D eigenvalue weighted by Crippen LogP contribution is -1.97. The van der Waals surface area contributed by atoms with Gasteiger partial charge in [0, 0.05) is 11.8 Å². The molecule has 0 radical (unpaired) electrons. The van der Waals surface area contributed by atoms with Crippen LogP contribution in [0.25, 0.3) is 0 Å². The van der Waals surface area contributed by atoms with E-state index in [1.165, 1.54) is 0 Å². The summed E-state index contributed by atoms with van der Waals surface area (Å²) in [6.45, 7) is 2.23. The van der Waals surface area contributed by atoms with E-state index in [4.69, 9.17) is 5.11 Å². The van der Waals surface area contributed by atoms with Gasteiger partial charge in [-0.15, -0.1) is 0 Å². The van der Waals surface area contributed by atoms with E-state index in [1.54, 1.807) is 0 Å². The van der Waals surface area contributed by atoms with Crippen molar-refractivity contribution in [3.8, 4) is 0 Å². The predicted molar refractivity (Wildman–Crippen MR) is 33.2 cm³/mol. The van der Waals surface area contributed by atoms with Crippen molar-refractivity contribution in [2.24, 2.45) is 4.99 Å². The van der Waals surface area contributed by atoms with E-state index in [-0.39, 0.29) is 6.61 Å². The normalized spacial score (nSPS) is 28.2. The standard InChI is InChI=1S/C6H11NO/c1-5-2-3-6(4-8)7-5/h5,8H,2-4H2,1H3. The molecule has 46 valence electrons. The van der Waals surface area contributed by atoms with Crippen LogP contribution in [0.4, 0.5) is 0 Å². The maximum absolute atomic E-state index is 8.55. The minimum Gasteiger partial charge on any atom is -0.390 e. The Bertz CT molecular complexity index is 109. The molecule has 0 aromatic carbocycles. The van der Waals surface area contributed by atoms with E-state index >= 15 is 0 Å². The highest BCUT2D eigenvalue weighted by atomic mass is 16.3. The summed E-state index contributed by atoms with van der Waals surface area (Å²) in [4.78, 5) is 4.17. The first kappa shape index (κ1) is 5.76. The number of aliphatic hydroxyl groups is 1. The van der Waals surface area contributed by atoms with Gasteiger partial charge in [0.25, 0.3) is 0 Å². The van der Waals surface area contributed by atoms with Crippen LogP contribution in [0, 0.1) is 0 Å². The molecule has 0 spiro atoms. The smallest absolute Gasteiger partial charge is 0.0809 e. The Balaban J connectivity index is 2.44. The van der Waals surface area contributed by atoms with Crippen LogP contribution in [-0.4, -0.2) is 23.5 Å². The van der Waals surface area contributed by atoms with Crippen LogP contribution in [0.3, 0.4) is 0 Å². The minimum absolute atomic E-state index is 0.157. The third-order valence-electron chi connectivity index (χ3n) is 1.44. The Morgan fingerprint density at radius 1 is 1.88 bits per heavy atom. The second-order valence-corrected chi connectivity index (χ2v) is 2.24. The average molecular weight is 113 g/mol. The summed E-state index contributed by atoms with van der Waals surface area (Å²) in [5.41, 5.74) is 0.970. The number of aliphatic hydroxyl groups excluding tert-OH is 1. The summed E-state index contributed by atoms with van der Waals surface area (Å²) in [5.74, 6) is 0. The highest BCUT2D eigenvalue weighted by Gasteiger charge is 2.10. The summed E-state index contributed by atoms with van der Waals surface area (Å²) in [6.07, 6.45) is 2.12. The number of rotatable bonds is 1. The van der Waals surface area contributed by atoms with Crippen molar-refractivity contribution in [1.29, 1.82) is 0 Å². The zero-order chi connectivity index (χ0) is 5.98. The topological polar surface area (TPSA) is 32.6 Å². The Morgan fingerprint density at radius 2 is 2.62 bits per heavy atom. The van der Waals surface area contributed by atoms with Crippen LogP contribution in [0.2, 0.25) is 0 Å². The van der Waals surface area contributed by atoms with Crippen molar-refractivity contribution in [3.05, 3.63) is 0 Å². The van der Waals surface area contributed by atoms with Gasteiger partial charge in [-0.2, -0.15) is 0 Å². The van der Waals surface area contributed by atoms with E-state index in [9.17, 15) is 0 Å². The van der Waals surface area contributed by atoms with Crippen molar-refractivity contribution in [3.63, 3.8) is 0 Å². The van der Waals surface area contributed by atoms with Crippen molar-refractivity contribution < 1.29 is 5.11 Å². The molecule has 0 bridgehead atoms. The molecule has 0 saturated heterocycles. The third kappa shape index (κ3) is 1.07. The van der Waals surface area contributed by atoms with Crippen LogP contribution in [0.5, 0.6) is 0 Å². The first-order valence-electron chi connectivity index (χ1n) is 2.99. The summed E-state index contributed by atoms with van der Waals surface area (Å²) >= 11 is 0. The molecular weight excluding hydrogens is 102 g/mol.